The number of rotatable bonds is 5. The predicted octanol–water partition coefficient (Wildman–Crippen LogP) is 0.590. The van der Waals surface area contributed by atoms with Crippen molar-refractivity contribution >= 4 is 5.91 Å². The number of nitrogens with zero attached hydrogens (tertiary/aromatic N) is 2. The standard InChI is InChI=1S/C12H22N4O/c1-9-6-10(16(5)15-9)7-14-8-12(2,3)11(17)13-4/h6,14H,7-8H2,1-5H3,(H,13,17). The van der Waals surface area contributed by atoms with Crippen molar-refractivity contribution in [2.24, 2.45) is 12.5 Å². The number of aromatic nitrogens is 2. The second-order valence-corrected chi connectivity index (χ2v) is 4.97. The van der Waals surface area contributed by atoms with Gasteiger partial charge in [0.25, 0.3) is 0 Å². The summed E-state index contributed by atoms with van der Waals surface area (Å²) in [5, 5.41) is 10.2. The van der Waals surface area contributed by atoms with Crippen LogP contribution in [0.25, 0.3) is 0 Å². The van der Waals surface area contributed by atoms with Crippen LogP contribution >= 0.6 is 0 Å². The first-order valence-electron chi connectivity index (χ1n) is 5.79. The lowest BCUT2D eigenvalue weighted by Gasteiger charge is -2.22. The molecule has 1 aromatic rings. The fraction of sp³-hybridized carbons (Fsp3) is 0.667. The molecule has 1 amide bonds. The smallest absolute Gasteiger partial charge is 0.226 e. The Labute approximate surface area is 103 Å². The SMILES string of the molecule is CNC(=O)C(C)(C)CNCc1cc(C)nn1C. The van der Waals surface area contributed by atoms with Crippen molar-refractivity contribution in [3.05, 3.63) is 17.5 Å². The summed E-state index contributed by atoms with van der Waals surface area (Å²) >= 11 is 0. The summed E-state index contributed by atoms with van der Waals surface area (Å²) in [5.74, 6) is 0.0474. The van der Waals surface area contributed by atoms with E-state index in [-0.39, 0.29) is 5.91 Å². The zero-order valence-corrected chi connectivity index (χ0v) is 11.3. The lowest BCUT2D eigenvalue weighted by molar-refractivity contribution is -0.128. The third-order valence-corrected chi connectivity index (χ3v) is 2.81. The Bertz CT molecular complexity index is 395. The summed E-state index contributed by atoms with van der Waals surface area (Å²) < 4.78 is 1.86. The zero-order chi connectivity index (χ0) is 13.1. The number of amides is 1. The summed E-state index contributed by atoms with van der Waals surface area (Å²) in [4.78, 5) is 11.6. The Morgan fingerprint density at radius 1 is 1.53 bits per heavy atom. The van der Waals surface area contributed by atoms with Gasteiger partial charge in [0, 0.05) is 27.2 Å². The highest BCUT2D eigenvalue weighted by Crippen LogP contribution is 2.13. The van der Waals surface area contributed by atoms with E-state index in [9.17, 15) is 4.79 Å². The van der Waals surface area contributed by atoms with Gasteiger partial charge in [0.15, 0.2) is 0 Å². The van der Waals surface area contributed by atoms with Crippen LogP contribution in [0.5, 0.6) is 0 Å². The highest BCUT2D eigenvalue weighted by Gasteiger charge is 2.25. The molecule has 0 bridgehead atoms. The van der Waals surface area contributed by atoms with Crippen LogP contribution in [-0.4, -0.2) is 29.3 Å². The van der Waals surface area contributed by atoms with E-state index < -0.39 is 5.41 Å². The molecule has 0 aliphatic carbocycles. The van der Waals surface area contributed by atoms with Crippen LogP contribution in [0.3, 0.4) is 0 Å². The van der Waals surface area contributed by atoms with E-state index in [1.165, 1.54) is 0 Å². The van der Waals surface area contributed by atoms with E-state index in [0.29, 0.717) is 6.54 Å². The molecular formula is C12H22N4O. The molecule has 0 spiro atoms. The Balaban J connectivity index is 2.48. The summed E-state index contributed by atoms with van der Waals surface area (Å²) in [6, 6.07) is 2.04. The molecule has 0 saturated heterocycles. The second kappa shape index (κ2) is 5.31. The summed E-state index contributed by atoms with van der Waals surface area (Å²) in [7, 11) is 3.59. The van der Waals surface area contributed by atoms with Crippen LogP contribution in [0.15, 0.2) is 6.07 Å². The van der Waals surface area contributed by atoms with Crippen LogP contribution < -0.4 is 10.6 Å². The number of hydrogen-bond donors (Lipinski definition) is 2. The normalized spacial score (nSPS) is 11.6. The highest BCUT2D eigenvalue weighted by atomic mass is 16.2. The van der Waals surface area contributed by atoms with E-state index in [1.807, 2.05) is 38.6 Å². The van der Waals surface area contributed by atoms with Gasteiger partial charge in [0.05, 0.1) is 16.8 Å². The first-order valence-corrected chi connectivity index (χ1v) is 5.79. The van der Waals surface area contributed by atoms with E-state index in [0.717, 1.165) is 17.9 Å². The van der Waals surface area contributed by atoms with Crippen molar-refractivity contribution in [2.45, 2.75) is 27.3 Å². The molecule has 0 saturated carbocycles. The minimum atomic E-state index is -0.400. The van der Waals surface area contributed by atoms with Gasteiger partial charge in [-0.05, 0) is 26.8 Å². The fourth-order valence-corrected chi connectivity index (χ4v) is 1.75. The fourth-order valence-electron chi connectivity index (χ4n) is 1.75. The van der Waals surface area contributed by atoms with Gasteiger partial charge in [-0.1, -0.05) is 0 Å². The van der Waals surface area contributed by atoms with Crippen molar-refractivity contribution in [2.75, 3.05) is 13.6 Å². The monoisotopic (exact) mass is 238 g/mol. The van der Waals surface area contributed by atoms with Gasteiger partial charge < -0.3 is 10.6 Å². The molecule has 1 rings (SSSR count). The maximum Gasteiger partial charge on any atom is 0.226 e. The van der Waals surface area contributed by atoms with Crippen LogP contribution in [0.1, 0.15) is 25.2 Å². The molecule has 0 aliphatic rings. The average Bonchev–Trinajstić information content (AvgIpc) is 2.56. The molecule has 5 nitrogen and oxygen atoms in total. The molecular weight excluding hydrogens is 216 g/mol. The molecule has 5 heteroatoms. The Morgan fingerprint density at radius 2 is 2.18 bits per heavy atom. The van der Waals surface area contributed by atoms with Gasteiger partial charge in [-0.25, -0.2) is 0 Å². The summed E-state index contributed by atoms with van der Waals surface area (Å²) in [5.41, 5.74) is 1.73. The molecule has 0 atom stereocenters. The third kappa shape index (κ3) is 3.56. The predicted molar refractivity (Wildman–Crippen MR) is 67.5 cm³/mol. The van der Waals surface area contributed by atoms with Gasteiger partial charge in [0.2, 0.25) is 5.91 Å². The number of carbonyl (C=O) groups excluding carboxylic acids is 1. The largest absolute Gasteiger partial charge is 0.359 e. The van der Waals surface area contributed by atoms with E-state index >= 15 is 0 Å². The van der Waals surface area contributed by atoms with E-state index in [4.69, 9.17) is 0 Å². The summed E-state index contributed by atoms with van der Waals surface area (Å²) in [6.45, 7) is 7.17. The van der Waals surface area contributed by atoms with Crippen molar-refractivity contribution in [3.63, 3.8) is 0 Å². The first kappa shape index (κ1) is 13.7. The van der Waals surface area contributed by atoms with Gasteiger partial charge in [0.1, 0.15) is 0 Å². The van der Waals surface area contributed by atoms with E-state index in [2.05, 4.69) is 15.7 Å². The van der Waals surface area contributed by atoms with Crippen molar-refractivity contribution in [1.29, 1.82) is 0 Å². The van der Waals surface area contributed by atoms with Crippen LogP contribution in [0.4, 0.5) is 0 Å². The maximum atomic E-state index is 11.6. The number of aryl methyl sites for hydroxylation is 2. The minimum Gasteiger partial charge on any atom is -0.359 e. The summed E-state index contributed by atoms with van der Waals surface area (Å²) in [6.07, 6.45) is 0. The molecule has 0 fully saturated rings. The zero-order valence-electron chi connectivity index (χ0n) is 11.3. The van der Waals surface area contributed by atoms with Crippen molar-refractivity contribution in [1.82, 2.24) is 20.4 Å². The highest BCUT2D eigenvalue weighted by molar-refractivity contribution is 5.81. The average molecular weight is 238 g/mol. The Hall–Kier alpha value is -1.36. The topological polar surface area (TPSA) is 59.0 Å². The molecule has 96 valence electrons. The molecule has 1 aromatic heterocycles. The van der Waals surface area contributed by atoms with Crippen molar-refractivity contribution < 1.29 is 4.79 Å². The minimum absolute atomic E-state index is 0.0474. The van der Waals surface area contributed by atoms with Gasteiger partial charge in [-0.3, -0.25) is 9.48 Å². The number of nitrogens with one attached hydrogen (secondary N) is 2. The quantitative estimate of drug-likeness (QED) is 0.789. The molecule has 1 heterocycles. The third-order valence-electron chi connectivity index (χ3n) is 2.81. The number of hydrogen-bond acceptors (Lipinski definition) is 3. The second-order valence-electron chi connectivity index (χ2n) is 4.97. The molecule has 0 unspecified atom stereocenters. The van der Waals surface area contributed by atoms with Crippen molar-refractivity contribution in [3.8, 4) is 0 Å². The molecule has 2 N–H and O–H groups in total. The van der Waals surface area contributed by atoms with Gasteiger partial charge >= 0.3 is 0 Å². The Kier molecular flexibility index (Phi) is 4.28. The van der Waals surface area contributed by atoms with Crippen LogP contribution in [-0.2, 0) is 18.4 Å². The molecule has 0 aromatic carbocycles. The Morgan fingerprint density at radius 3 is 2.65 bits per heavy atom. The molecule has 17 heavy (non-hydrogen) atoms. The molecule has 0 radical (unpaired) electrons. The van der Waals surface area contributed by atoms with Gasteiger partial charge in [-0.2, -0.15) is 5.10 Å². The van der Waals surface area contributed by atoms with Crippen LogP contribution in [0.2, 0.25) is 0 Å². The van der Waals surface area contributed by atoms with E-state index in [1.54, 1.807) is 7.05 Å². The van der Waals surface area contributed by atoms with Crippen LogP contribution in [0, 0.1) is 12.3 Å². The number of carbonyl (C=O) groups is 1. The van der Waals surface area contributed by atoms with Gasteiger partial charge in [-0.15, -0.1) is 0 Å². The first-order chi connectivity index (χ1) is 7.86. The lowest BCUT2D eigenvalue weighted by Crippen LogP contribution is -2.42. The lowest BCUT2D eigenvalue weighted by atomic mass is 9.92. The maximum absolute atomic E-state index is 11.6. The molecule has 0 aliphatic heterocycles.